The second-order valence-corrected chi connectivity index (χ2v) is 5.73. The van der Waals surface area contributed by atoms with Gasteiger partial charge in [-0.1, -0.05) is 0 Å². The number of carboxylic acid groups (broad SMARTS) is 1. The molecular formula is C13H21N5O3. The molecule has 2 rings (SSSR count). The molecule has 8 heteroatoms. The average molecular weight is 295 g/mol. The fourth-order valence-corrected chi connectivity index (χ4v) is 2.51. The van der Waals surface area contributed by atoms with Gasteiger partial charge >= 0.3 is 12.0 Å². The number of rotatable bonds is 4. The predicted octanol–water partition coefficient (Wildman–Crippen LogP) is 0.254. The Balaban J connectivity index is 1.83. The van der Waals surface area contributed by atoms with E-state index >= 15 is 0 Å². The molecular weight excluding hydrogens is 274 g/mol. The number of likely N-dealkylation sites (tertiary alicyclic amines) is 1. The van der Waals surface area contributed by atoms with Crippen molar-refractivity contribution in [1.82, 2.24) is 25.0 Å². The summed E-state index contributed by atoms with van der Waals surface area (Å²) in [6.45, 7) is 2.98. The molecule has 1 aromatic rings. The Hall–Kier alpha value is -2.12. The molecule has 0 saturated carbocycles. The highest BCUT2D eigenvalue weighted by Crippen LogP contribution is 2.29. The van der Waals surface area contributed by atoms with E-state index in [9.17, 15) is 14.7 Å². The summed E-state index contributed by atoms with van der Waals surface area (Å²) in [5, 5.41) is 19.8. The third kappa shape index (κ3) is 3.50. The molecule has 0 aliphatic carbocycles. The summed E-state index contributed by atoms with van der Waals surface area (Å²) in [7, 11) is 1.85. The number of hydrogen-bond acceptors (Lipinski definition) is 4. The topological polar surface area (TPSA) is 100 Å². The predicted molar refractivity (Wildman–Crippen MR) is 74.7 cm³/mol. The summed E-state index contributed by atoms with van der Waals surface area (Å²) in [6, 6.07) is -0.218. The lowest BCUT2D eigenvalue weighted by Crippen LogP contribution is -2.51. The van der Waals surface area contributed by atoms with Crippen molar-refractivity contribution in [1.29, 1.82) is 0 Å². The lowest BCUT2D eigenvalue weighted by molar-refractivity contribution is -0.150. The number of nitrogens with one attached hydrogen (secondary N) is 1. The van der Waals surface area contributed by atoms with Gasteiger partial charge in [-0.15, -0.1) is 10.2 Å². The minimum Gasteiger partial charge on any atom is -0.481 e. The second-order valence-electron chi connectivity index (χ2n) is 5.73. The van der Waals surface area contributed by atoms with Crippen LogP contribution in [0.25, 0.3) is 0 Å². The fraction of sp³-hybridized carbons (Fsp3) is 0.692. The Morgan fingerprint density at radius 3 is 2.90 bits per heavy atom. The normalized spacial score (nSPS) is 22.1. The van der Waals surface area contributed by atoms with Crippen molar-refractivity contribution in [3.05, 3.63) is 12.2 Å². The smallest absolute Gasteiger partial charge is 0.317 e. The van der Waals surface area contributed by atoms with Gasteiger partial charge in [0, 0.05) is 33.1 Å². The summed E-state index contributed by atoms with van der Waals surface area (Å²) < 4.78 is 1.80. The molecule has 2 heterocycles. The first-order chi connectivity index (χ1) is 9.92. The summed E-state index contributed by atoms with van der Waals surface area (Å²) in [4.78, 5) is 25.0. The molecule has 0 aromatic carbocycles. The fourth-order valence-electron chi connectivity index (χ4n) is 2.51. The van der Waals surface area contributed by atoms with E-state index in [1.165, 1.54) is 0 Å². The van der Waals surface area contributed by atoms with Crippen LogP contribution in [-0.2, 0) is 18.3 Å². The number of aliphatic carboxylic acids is 1. The third-order valence-corrected chi connectivity index (χ3v) is 3.93. The molecule has 0 bridgehead atoms. The van der Waals surface area contributed by atoms with Crippen LogP contribution in [0.4, 0.5) is 4.79 Å². The van der Waals surface area contributed by atoms with E-state index in [2.05, 4.69) is 15.5 Å². The van der Waals surface area contributed by atoms with Crippen molar-refractivity contribution in [2.75, 3.05) is 19.6 Å². The van der Waals surface area contributed by atoms with Crippen molar-refractivity contribution in [3.63, 3.8) is 0 Å². The molecule has 8 nitrogen and oxygen atoms in total. The summed E-state index contributed by atoms with van der Waals surface area (Å²) in [5.74, 6) is -0.0524. The number of carboxylic acids is 1. The molecule has 2 amide bonds. The maximum Gasteiger partial charge on any atom is 0.317 e. The van der Waals surface area contributed by atoms with Gasteiger partial charge in [0.25, 0.3) is 0 Å². The Kier molecular flexibility index (Phi) is 4.44. The first-order valence-corrected chi connectivity index (χ1v) is 7.01. The maximum absolute atomic E-state index is 12.1. The zero-order valence-electron chi connectivity index (χ0n) is 12.4. The number of aromatic nitrogens is 3. The molecule has 1 unspecified atom stereocenters. The molecule has 2 N–H and O–H groups in total. The minimum atomic E-state index is -0.848. The van der Waals surface area contributed by atoms with Crippen molar-refractivity contribution in [2.45, 2.75) is 26.2 Å². The minimum absolute atomic E-state index is 0.218. The number of amides is 2. The Bertz CT molecular complexity index is 530. The van der Waals surface area contributed by atoms with Gasteiger partial charge in [0.05, 0.1) is 5.41 Å². The lowest BCUT2D eigenvalue weighted by atomic mass is 9.82. The number of carbonyl (C=O) groups is 2. The molecule has 1 aliphatic rings. The van der Waals surface area contributed by atoms with Crippen LogP contribution in [0, 0.1) is 5.41 Å². The second kappa shape index (κ2) is 6.11. The van der Waals surface area contributed by atoms with E-state index in [0.717, 1.165) is 5.82 Å². The lowest BCUT2D eigenvalue weighted by Gasteiger charge is -2.37. The van der Waals surface area contributed by atoms with Crippen LogP contribution in [0.3, 0.4) is 0 Å². The van der Waals surface area contributed by atoms with E-state index in [1.807, 2.05) is 7.05 Å². The van der Waals surface area contributed by atoms with Crippen molar-refractivity contribution >= 4 is 12.0 Å². The molecule has 116 valence electrons. The van der Waals surface area contributed by atoms with Gasteiger partial charge in [-0.25, -0.2) is 4.79 Å². The first-order valence-electron chi connectivity index (χ1n) is 7.01. The molecule has 1 aliphatic heterocycles. The van der Waals surface area contributed by atoms with Gasteiger partial charge in [-0.3, -0.25) is 4.79 Å². The largest absolute Gasteiger partial charge is 0.481 e. The van der Waals surface area contributed by atoms with E-state index < -0.39 is 11.4 Å². The van der Waals surface area contributed by atoms with E-state index in [1.54, 1.807) is 22.7 Å². The molecule has 1 saturated heterocycles. The van der Waals surface area contributed by atoms with Crippen molar-refractivity contribution in [2.24, 2.45) is 12.5 Å². The van der Waals surface area contributed by atoms with Crippen LogP contribution in [0.15, 0.2) is 6.33 Å². The summed E-state index contributed by atoms with van der Waals surface area (Å²) in [5.41, 5.74) is -0.848. The average Bonchev–Trinajstić information content (AvgIpc) is 2.84. The van der Waals surface area contributed by atoms with Crippen LogP contribution in [0.1, 0.15) is 25.6 Å². The van der Waals surface area contributed by atoms with Gasteiger partial charge in [-0.2, -0.15) is 0 Å². The molecule has 21 heavy (non-hydrogen) atoms. The Morgan fingerprint density at radius 2 is 2.29 bits per heavy atom. The maximum atomic E-state index is 12.1. The number of hydrogen-bond donors (Lipinski definition) is 2. The zero-order chi connectivity index (χ0) is 15.5. The highest BCUT2D eigenvalue weighted by Gasteiger charge is 2.39. The van der Waals surface area contributed by atoms with Crippen LogP contribution in [0.5, 0.6) is 0 Å². The number of carbonyl (C=O) groups excluding carboxylic acids is 1. The zero-order valence-corrected chi connectivity index (χ0v) is 12.4. The number of urea groups is 1. The van der Waals surface area contributed by atoms with Gasteiger partial charge in [0.2, 0.25) is 0 Å². The molecule has 0 radical (unpaired) electrons. The number of piperidine rings is 1. The highest BCUT2D eigenvalue weighted by molar-refractivity contribution is 5.78. The Labute approximate surface area is 123 Å². The van der Waals surface area contributed by atoms with Crippen molar-refractivity contribution < 1.29 is 14.7 Å². The highest BCUT2D eigenvalue weighted by atomic mass is 16.4. The number of aryl methyl sites for hydroxylation is 1. The van der Waals surface area contributed by atoms with E-state index in [-0.39, 0.29) is 12.6 Å². The third-order valence-electron chi connectivity index (χ3n) is 3.93. The molecule has 1 atom stereocenters. The van der Waals surface area contributed by atoms with Crippen LogP contribution in [-0.4, -0.2) is 56.4 Å². The molecule has 0 spiro atoms. The summed E-state index contributed by atoms with van der Waals surface area (Å²) >= 11 is 0. The number of nitrogens with zero attached hydrogens (tertiary/aromatic N) is 4. The summed E-state index contributed by atoms with van der Waals surface area (Å²) in [6.07, 6.45) is 3.51. The van der Waals surface area contributed by atoms with Crippen molar-refractivity contribution in [3.8, 4) is 0 Å². The van der Waals surface area contributed by atoms with Gasteiger partial charge < -0.3 is 19.9 Å². The van der Waals surface area contributed by atoms with E-state index in [4.69, 9.17) is 0 Å². The van der Waals surface area contributed by atoms with Crippen LogP contribution >= 0.6 is 0 Å². The van der Waals surface area contributed by atoms with Gasteiger partial charge in [0.1, 0.15) is 12.2 Å². The quantitative estimate of drug-likeness (QED) is 0.829. The van der Waals surface area contributed by atoms with Crippen LogP contribution < -0.4 is 5.32 Å². The van der Waals surface area contributed by atoms with E-state index in [0.29, 0.717) is 32.4 Å². The molecule has 1 fully saturated rings. The first kappa shape index (κ1) is 15.3. The van der Waals surface area contributed by atoms with Crippen LogP contribution in [0.2, 0.25) is 0 Å². The standard InChI is InChI=1S/C13H21N5O3/c1-13(11(19)20)5-3-7-18(8-13)12(21)14-6-4-10-16-15-9-17(10)2/h9H,3-8H2,1-2H3,(H,14,21)(H,19,20). The van der Waals surface area contributed by atoms with Gasteiger partial charge in [0.15, 0.2) is 0 Å². The van der Waals surface area contributed by atoms with Gasteiger partial charge in [-0.05, 0) is 19.8 Å². The monoisotopic (exact) mass is 295 g/mol. The molecule has 1 aromatic heterocycles. The Morgan fingerprint density at radius 1 is 1.52 bits per heavy atom. The SMILES string of the molecule is Cn1cnnc1CCNC(=O)N1CCCC(C)(C(=O)O)C1.